The van der Waals surface area contributed by atoms with E-state index in [1.54, 1.807) is 38.5 Å². The Morgan fingerprint density at radius 2 is 1.76 bits per heavy atom. The van der Waals surface area contributed by atoms with Gasteiger partial charge >= 0.3 is 0 Å². The lowest BCUT2D eigenvalue weighted by Crippen LogP contribution is -2.36. The van der Waals surface area contributed by atoms with E-state index in [0.29, 0.717) is 25.6 Å². The molecule has 0 bridgehead atoms. The number of nitrogens with one attached hydrogen (secondary N) is 3. The van der Waals surface area contributed by atoms with Crippen molar-refractivity contribution in [3.8, 4) is 11.5 Å². The highest BCUT2D eigenvalue weighted by molar-refractivity contribution is 7.89. The first-order valence-electron chi connectivity index (χ1n) is 9.19. The van der Waals surface area contributed by atoms with Gasteiger partial charge in [-0.1, -0.05) is 12.1 Å². The third-order valence-corrected chi connectivity index (χ3v) is 5.64. The van der Waals surface area contributed by atoms with Crippen LogP contribution < -0.4 is 24.8 Å². The molecule has 0 amide bonds. The number of sulfonamides is 1. The Hall–Kier alpha value is -2.78. The molecule has 0 saturated heterocycles. The number of hydrogen-bond acceptors (Lipinski definition) is 5. The van der Waals surface area contributed by atoms with Crippen molar-refractivity contribution in [1.82, 2.24) is 15.4 Å². The van der Waals surface area contributed by atoms with Gasteiger partial charge in [0.25, 0.3) is 0 Å². The molecule has 2 aromatic carbocycles. The van der Waals surface area contributed by atoms with E-state index in [9.17, 15) is 8.42 Å². The third-order valence-electron chi connectivity index (χ3n) is 4.21. The van der Waals surface area contributed by atoms with Gasteiger partial charge in [0.05, 0.1) is 25.7 Å². The van der Waals surface area contributed by atoms with Crippen molar-refractivity contribution >= 4 is 16.0 Å². The van der Waals surface area contributed by atoms with E-state index in [4.69, 9.17) is 9.47 Å². The fourth-order valence-corrected chi connectivity index (χ4v) is 3.31. The summed E-state index contributed by atoms with van der Waals surface area (Å²) >= 11 is 0. The number of guanidine groups is 1. The molecule has 0 radical (unpaired) electrons. The van der Waals surface area contributed by atoms with Crippen molar-refractivity contribution in [1.29, 1.82) is 0 Å². The van der Waals surface area contributed by atoms with Crippen LogP contribution in [0.4, 0.5) is 0 Å². The maximum atomic E-state index is 11.8. The van der Waals surface area contributed by atoms with E-state index in [0.717, 1.165) is 22.6 Å². The lowest BCUT2D eigenvalue weighted by Gasteiger charge is -2.14. The second-order valence-corrected chi connectivity index (χ2v) is 7.96. The minimum absolute atomic E-state index is 0.226. The topological polar surface area (TPSA) is 101 Å². The van der Waals surface area contributed by atoms with E-state index in [-0.39, 0.29) is 4.90 Å². The van der Waals surface area contributed by atoms with Crippen LogP contribution in [-0.4, -0.2) is 42.2 Å². The quantitative estimate of drug-likeness (QED) is 0.423. The standard InChI is InChI=1S/C20H28N4O4S/c1-5-22-20(24-14-16-8-9-17(27-3)12-19(16)28-4)23-13-15-6-10-18(11-7-15)29(25,26)21-2/h6-12,21H,5,13-14H2,1-4H3,(H2,22,23,24). The molecule has 0 aliphatic heterocycles. The molecule has 158 valence electrons. The second-order valence-electron chi connectivity index (χ2n) is 6.08. The van der Waals surface area contributed by atoms with Gasteiger partial charge < -0.3 is 20.1 Å². The number of ether oxygens (including phenoxy) is 2. The van der Waals surface area contributed by atoms with Crippen LogP contribution in [0.3, 0.4) is 0 Å². The minimum atomic E-state index is -3.44. The van der Waals surface area contributed by atoms with Crippen molar-refractivity contribution in [2.75, 3.05) is 27.8 Å². The van der Waals surface area contributed by atoms with Gasteiger partial charge in [0.1, 0.15) is 11.5 Å². The number of nitrogens with zero attached hydrogens (tertiary/aromatic N) is 1. The maximum Gasteiger partial charge on any atom is 0.240 e. The van der Waals surface area contributed by atoms with Crippen molar-refractivity contribution < 1.29 is 17.9 Å². The average molecular weight is 421 g/mol. The predicted molar refractivity (Wildman–Crippen MR) is 114 cm³/mol. The van der Waals surface area contributed by atoms with Crippen LogP contribution in [0.2, 0.25) is 0 Å². The Morgan fingerprint density at radius 1 is 1.03 bits per heavy atom. The zero-order valence-electron chi connectivity index (χ0n) is 17.2. The van der Waals surface area contributed by atoms with Crippen molar-refractivity contribution in [3.05, 3.63) is 53.6 Å². The summed E-state index contributed by atoms with van der Waals surface area (Å²) in [6, 6.07) is 12.3. The molecule has 9 heteroatoms. The summed E-state index contributed by atoms with van der Waals surface area (Å²) < 4.78 is 36.5. The van der Waals surface area contributed by atoms with Crippen LogP contribution in [0.15, 0.2) is 52.4 Å². The van der Waals surface area contributed by atoms with E-state index in [1.165, 1.54) is 7.05 Å². The summed E-state index contributed by atoms with van der Waals surface area (Å²) in [6.07, 6.45) is 0. The molecular formula is C20H28N4O4S. The third kappa shape index (κ3) is 6.37. The second kappa shape index (κ2) is 10.7. The van der Waals surface area contributed by atoms with Gasteiger partial charge in [-0.05, 0) is 43.8 Å². The van der Waals surface area contributed by atoms with Crippen LogP contribution in [0, 0.1) is 0 Å². The highest BCUT2D eigenvalue weighted by Gasteiger charge is 2.10. The van der Waals surface area contributed by atoms with Crippen molar-refractivity contribution in [3.63, 3.8) is 0 Å². The van der Waals surface area contributed by atoms with Crippen molar-refractivity contribution in [2.45, 2.75) is 24.9 Å². The van der Waals surface area contributed by atoms with Crippen LogP contribution in [-0.2, 0) is 23.1 Å². The van der Waals surface area contributed by atoms with E-state index in [2.05, 4.69) is 20.3 Å². The van der Waals surface area contributed by atoms with E-state index < -0.39 is 10.0 Å². The van der Waals surface area contributed by atoms with Gasteiger partial charge in [0, 0.05) is 24.7 Å². The van der Waals surface area contributed by atoms with Crippen LogP contribution >= 0.6 is 0 Å². The van der Waals surface area contributed by atoms with Crippen LogP contribution in [0.5, 0.6) is 11.5 Å². The number of hydrogen-bond donors (Lipinski definition) is 3. The summed E-state index contributed by atoms with van der Waals surface area (Å²) in [4.78, 5) is 4.79. The van der Waals surface area contributed by atoms with E-state index in [1.807, 2.05) is 25.1 Å². The van der Waals surface area contributed by atoms with Gasteiger partial charge in [-0.3, -0.25) is 0 Å². The lowest BCUT2D eigenvalue weighted by molar-refractivity contribution is 0.390. The van der Waals surface area contributed by atoms with Gasteiger partial charge in [-0.25, -0.2) is 18.1 Å². The smallest absolute Gasteiger partial charge is 0.240 e. The predicted octanol–water partition coefficient (Wildman–Crippen LogP) is 1.87. The number of rotatable bonds is 9. The average Bonchev–Trinajstić information content (AvgIpc) is 2.75. The molecule has 0 atom stereocenters. The molecule has 0 fully saturated rings. The minimum Gasteiger partial charge on any atom is -0.497 e. The summed E-state index contributed by atoms with van der Waals surface area (Å²) in [5.74, 6) is 2.11. The molecular weight excluding hydrogens is 392 g/mol. The first-order chi connectivity index (χ1) is 13.9. The van der Waals surface area contributed by atoms with Gasteiger partial charge in [0.15, 0.2) is 5.96 Å². The molecule has 0 aliphatic carbocycles. The monoisotopic (exact) mass is 420 g/mol. The summed E-state index contributed by atoms with van der Waals surface area (Å²) in [7, 11) is 1.19. The van der Waals surface area contributed by atoms with Gasteiger partial charge in [-0.15, -0.1) is 0 Å². The Labute approximate surface area is 172 Å². The number of aliphatic imine (C=N–C) groups is 1. The summed E-state index contributed by atoms with van der Waals surface area (Å²) in [6.45, 7) is 3.64. The molecule has 0 aliphatic rings. The molecule has 0 heterocycles. The molecule has 3 N–H and O–H groups in total. The fourth-order valence-electron chi connectivity index (χ4n) is 2.58. The maximum absolute atomic E-state index is 11.8. The molecule has 8 nitrogen and oxygen atoms in total. The lowest BCUT2D eigenvalue weighted by atomic mass is 10.2. The Balaban J connectivity index is 2.07. The normalized spacial score (nSPS) is 11.8. The largest absolute Gasteiger partial charge is 0.497 e. The highest BCUT2D eigenvalue weighted by atomic mass is 32.2. The molecule has 0 unspecified atom stereocenters. The SMILES string of the molecule is CCNC(=NCc1ccc(S(=O)(=O)NC)cc1)NCc1ccc(OC)cc1OC. The first kappa shape index (κ1) is 22.5. The molecule has 0 aromatic heterocycles. The van der Waals surface area contributed by atoms with Crippen LogP contribution in [0.25, 0.3) is 0 Å². The van der Waals surface area contributed by atoms with Gasteiger partial charge in [0.2, 0.25) is 10.0 Å². The fraction of sp³-hybridized carbons (Fsp3) is 0.350. The van der Waals surface area contributed by atoms with Crippen LogP contribution in [0.1, 0.15) is 18.1 Å². The highest BCUT2D eigenvalue weighted by Crippen LogP contribution is 2.24. The molecule has 29 heavy (non-hydrogen) atoms. The summed E-state index contributed by atoms with van der Waals surface area (Å²) in [5.41, 5.74) is 1.87. The van der Waals surface area contributed by atoms with E-state index >= 15 is 0 Å². The Morgan fingerprint density at radius 3 is 2.34 bits per heavy atom. The van der Waals surface area contributed by atoms with Gasteiger partial charge in [-0.2, -0.15) is 0 Å². The number of methoxy groups -OCH3 is 2. The molecule has 0 saturated carbocycles. The zero-order valence-corrected chi connectivity index (χ0v) is 18.0. The molecule has 2 aromatic rings. The molecule has 2 rings (SSSR count). The number of benzene rings is 2. The first-order valence-corrected chi connectivity index (χ1v) is 10.7. The zero-order chi connectivity index (χ0) is 21.3. The van der Waals surface area contributed by atoms with Crippen molar-refractivity contribution in [2.24, 2.45) is 4.99 Å². The Bertz CT molecular complexity index is 928. The molecule has 0 spiro atoms. The Kier molecular flexibility index (Phi) is 8.29. The summed E-state index contributed by atoms with van der Waals surface area (Å²) in [5, 5.41) is 6.47.